The number of anilines is 1. The van der Waals surface area contributed by atoms with Crippen molar-refractivity contribution in [3.8, 4) is 0 Å². The molecule has 0 unspecified atom stereocenters. The van der Waals surface area contributed by atoms with E-state index in [4.69, 9.17) is 0 Å². The molecule has 1 N–H and O–H groups in total. The van der Waals surface area contributed by atoms with Crippen LogP contribution in [0.4, 0.5) is 14.5 Å². The van der Waals surface area contributed by atoms with Crippen LogP contribution in [0.5, 0.6) is 0 Å². The first-order valence-electron chi connectivity index (χ1n) is 7.21. The third-order valence-electron chi connectivity index (χ3n) is 4.54. The number of nitrogens with one attached hydrogen (secondary N) is 1. The molecule has 0 aromatic heterocycles. The summed E-state index contributed by atoms with van der Waals surface area (Å²) in [7, 11) is 0. The van der Waals surface area contributed by atoms with Crippen LogP contribution in [0.2, 0.25) is 0 Å². The lowest BCUT2D eigenvalue weighted by Crippen LogP contribution is -2.29. The van der Waals surface area contributed by atoms with Gasteiger partial charge in [-0.25, -0.2) is 8.78 Å². The molecule has 3 atom stereocenters. The molecule has 2 aromatic carbocycles. The van der Waals surface area contributed by atoms with Gasteiger partial charge in [0.05, 0.1) is 11.7 Å². The smallest absolute Gasteiger partial charge is 0.149 e. The number of hydrogen-bond acceptors (Lipinski definition) is 1. The van der Waals surface area contributed by atoms with E-state index in [2.05, 4.69) is 29.6 Å². The van der Waals surface area contributed by atoms with Crippen molar-refractivity contribution in [3.05, 3.63) is 77.4 Å². The monoisotopic (exact) mass is 283 g/mol. The standard InChI is InChI=1S/C18H15F2N/c19-12-9-15-13-7-4-8-14(13)17(11-5-2-1-3-6-11)21-18(15)16(20)10-12/h1-7,9-10,13-14,17,21H,8H2/t13-,14+,17+/m1/s1. The average Bonchev–Trinajstić information content (AvgIpc) is 2.97. The van der Waals surface area contributed by atoms with Gasteiger partial charge in [0.25, 0.3) is 0 Å². The summed E-state index contributed by atoms with van der Waals surface area (Å²) < 4.78 is 27.7. The fraction of sp³-hybridized carbons (Fsp3) is 0.222. The van der Waals surface area contributed by atoms with Crippen LogP contribution in [0, 0.1) is 17.6 Å². The molecule has 2 aromatic rings. The Balaban J connectivity index is 1.84. The van der Waals surface area contributed by atoms with Gasteiger partial charge in [-0.05, 0) is 29.5 Å². The maximum absolute atomic E-state index is 14.2. The molecule has 0 radical (unpaired) electrons. The highest BCUT2D eigenvalue weighted by Gasteiger charge is 2.39. The van der Waals surface area contributed by atoms with Crippen molar-refractivity contribution in [1.29, 1.82) is 0 Å². The van der Waals surface area contributed by atoms with Crippen molar-refractivity contribution < 1.29 is 8.78 Å². The Kier molecular flexibility index (Phi) is 2.81. The van der Waals surface area contributed by atoms with Gasteiger partial charge in [-0.2, -0.15) is 0 Å². The first-order valence-corrected chi connectivity index (χ1v) is 7.21. The van der Waals surface area contributed by atoms with Crippen molar-refractivity contribution >= 4 is 5.69 Å². The Morgan fingerprint density at radius 2 is 1.86 bits per heavy atom. The largest absolute Gasteiger partial charge is 0.375 e. The number of fused-ring (bicyclic) bond motifs is 3. The van der Waals surface area contributed by atoms with E-state index >= 15 is 0 Å². The van der Waals surface area contributed by atoms with Gasteiger partial charge in [-0.1, -0.05) is 42.5 Å². The molecule has 0 fully saturated rings. The van der Waals surface area contributed by atoms with Crippen LogP contribution in [-0.2, 0) is 0 Å². The van der Waals surface area contributed by atoms with E-state index in [0.717, 1.165) is 23.6 Å². The van der Waals surface area contributed by atoms with Gasteiger partial charge < -0.3 is 5.32 Å². The summed E-state index contributed by atoms with van der Waals surface area (Å²) in [4.78, 5) is 0. The zero-order valence-electron chi connectivity index (χ0n) is 11.4. The third-order valence-corrected chi connectivity index (χ3v) is 4.54. The zero-order valence-corrected chi connectivity index (χ0v) is 11.4. The maximum atomic E-state index is 14.2. The topological polar surface area (TPSA) is 12.0 Å². The molecule has 2 aliphatic rings. The van der Waals surface area contributed by atoms with Gasteiger partial charge in [-0.3, -0.25) is 0 Å². The SMILES string of the molecule is Fc1cc(F)c2c(c1)[C@@H]1C=CC[C@@H]1[C@H](c1ccccc1)N2. The van der Waals surface area contributed by atoms with Crippen LogP contribution in [0.15, 0.2) is 54.6 Å². The van der Waals surface area contributed by atoms with Crippen molar-refractivity contribution in [2.24, 2.45) is 5.92 Å². The fourth-order valence-corrected chi connectivity index (χ4v) is 3.61. The molecule has 0 spiro atoms. The van der Waals surface area contributed by atoms with Gasteiger partial charge in [0.2, 0.25) is 0 Å². The quantitative estimate of drug-likeness (QED) is 0.742. The molecular weight excluding hydrogens is 268 g/mol. The van der Waals surface area contributed by atoms with Crippen LogP contribution < -0.4 is 5.32 Å². The Labute approximate surface area is 122 Å². The lowest BCUT2D eigenvalue weighted by atomic mass is 9.77. The third kappa shape index (κ3) is 1.96. The van der Waals surface area contributed by atoms with Gasteiger partial charge in [-0.15, -0.1) is 0 Å². The molecule has 1 aliphatic heterocycles. The highest BCUT2D eigenvalue weighted by atomic mass is 19.1. The maximum Gasteiger partial charge on any atom is 0.149 e. The second-order valence-electron chi connectivity index (χ2n) is 5.74. The summed E-state index contributed by atoms with van der Waals surface area (Å²) in [5, 5.41) is 3.30. The minimum absolute atomic E-state index is 0.0543. The predicted molar refractivity (Wildman–Crippen MR) is 79.2 cm³/mol. The fourth-order valence-electron chi connectivity index (χ4n) is 3.61. The summed E-state index contributed by atoms with van der Waals surface area (Å²) in [6, 6.07) is 12.5. The highest BCUT2D eigenvalue weighted by Crippen LogP contribution is 2.50. The molecule has 0 saturated carbocycles. The van der Waals surface area contributed by atoms with Gasteiger partial charge in [0.1, 0.15) is 11.6 Å². The second kappa shape index (κ2) is 4.69. The summed E-state index contributed by atoms with van der Waals surface area (Å²) in [5.41, 5.74) is 2.32. The molecule has 4 rings (SSSR count). The molecule has 1 aliphatic carbocycles. The molecule has 0 amide bonds. The molecule has 21 heavy (non-hydrogen) atoms. The van der Waals surface area contributed by atoms with E-state index in [1.807, 2.05) is 18.2 Å². The Bertz CT molecular complexity index is 709. The van der Waals surface area contributed by atoms with E-state index in [-0.39, 0.29) is 12.0 Å². The molecule has 0 bridgehead atoms. The van der Waals surface area contributed by atoms with E-state index in [9.17, 15) is 8.78 Å². The van der Waals surface area contributed by atoms with Crippen molar-refractivity contribution in [3.63, 3.8) is 0 Å². The minimum atomic E-state index is -0.510. The lowest BCUT2D eigenvalue weighted by Gasteiger charge is -2.37. The molecule has 0 saturated heterocycles. The van der Waals surface area contributed by atoms with E-state index < -0.39 is 11.6 Å². The summed E-state index contributed by atoms with van der Waals surface area (Å²) >= 11 is 0. The second-order valence-corrected chi connectivity index (χ2v) is 5.74. The normalized spacial score (nSPS) is 26.1. The van der Waals surface area contributed by atoms with E-state index in [1.165, 1.54) is 6.07 Å². The molecule has 1 nitrogen and oxygen atoms in total. The van der Waals surface area contributed by atoms with Crippen LogP contribution >= 0.6 is 0 Å². The number of allylic oxidation sites excluding steroid dienone is 2. The van der Waals surface area contributed by atoms with Crippen molar-refractivity contribution in [2.75, 3.05) is 5.32 Å². The van der Waals surface area contributed by atoms with Gasteiger partial charge >= 0.3 is 0 Å². The van der Waals surface area contributed by atoms with Gasteiger partial charge in [0, 0.05) is 12.0 Å². The Hall–Kier alpha value is -2.16. The van der Waals surface area contributed by atoms with Crippen LogP contribution in [0.25, 0.3) is 0 Å². The zero-order chi connectivity index (χ0) is 14.4. The van der Waals surface area contributed by atoms with Crippen LogP contribution in [0.1, 0.15) is 29.5 Å². The number of hydrogen-bond donors (Lipinski definition) is 1. The first-order chi connectivity index (χ1) is 10.2. The van der Waals surface area contributed by atoms with Crippen molar-refractivity contribution in [2.45, 2.75) is 18.4 Å². The van der Waals surface area contributed by atoms with Crippen molar-refractivity contribution in [1.82, 2.24) is 0 Å². The molecule has 3 heteroatoms. The van der Waals surface area contributed by atoms with E-state index in [0.29, 0.717) is 11.6 Å². The van der Waals surface area contributed by atoms with E-state index in [1.54, 1.807) is 0 Å². The average molecular weight is 283 g/mol. The summed E-state index contributed by atoms with van der Waals surface area (Å²) in [6.07, 6.45) is 5.12. The molecule has 1 heterocycles. The Morgan fingerprint density at radius 1 is 1.05 bits per heavy atom. The highest BCUT2D eigenvalue weighted by molar-refractivity contribution is 5.60. The lowest BCUT2D eigenvalue weighted by molar-refractivity contribution is 0.418. The summed E-state index contributed by atoms with van der Waals surface area (Å²) in [5.74, 6) is -0.632. The summed E-state index contributed by atoms with van der Waals surface area (Å²) in [6.45, 7) is 0. The minimum Gasteiger partial charge on any atom is -0.375 e. The van der Waals surface area contributed by atoms with Crippen LogP contribution in [0.3, 0.4) is 0 Å². The number of benzene rings is 2. The number of rotatable bonds is 1. The number of halogens is 2. The van der Waals surface area contributed by atoms with Gasteiger partial charge in [0.15, 0.2) is 0 Å². The molecular formula is C18H15F2N. The Morgan fingerprint density at radius 3 is 2.67 bits per heavy atom. The predicted octanol–water partition coefficient (Wildman–Crippen LogP) is 4.79. The first kappa shape index (κ1) is 12.6. The van der Waals surface area contributed by atoms with Crippen LogP contribution in [-0.4, -0.2) is 0 Å². The molecule has 106 valence electrons.